The van der Waals surface area contributed by atoms with E-state index < -0.39 is 0 Å². The van der Waals surface area contributed by atoms with E-state index in [4.69, 9.17) is 0 Å². The van der Waals surface area contributed by atoms with Gasteiger partial charge in [-0.3, -0.25) is 9.59 Å². The summed E-state index contributed by atoms with van der Waals surface area (Å²) in [4.78, 5) is 23.9. The number of hydrogen-bond donors (Lipinski definition) is 2. The monoisotopic (exact) mass is 318 g/mol. The van der Waals surface area contributed by atoms with Crippen molar-refractivity contribution in [1.82, 2.24) is 10.6 Å². The average Bonchev–Trinajstić information content (AvgIpc) is 2.34. The Morgan fingerprint density at radius 1 is 1.04 bits per heavy atom. The van der Waals surface area contributed by atoms with Gasteiger partial charge >= 0.3 is 0 Å². The van der Waals surface area contributed by atoms with Gasteiger partial charge in [-0.2, -0.15) is 0 Å². The largest absolute Gasteiger partial charge is 0.351 e. The summed E-state index contributed by atoms with van der Waals surface area (Å²) < 4.78 is 0. The Labute approximate surface area is 140 Å². The number of rotatable bonds is 6. The number of benzene rings is 1. The van der Waals surface area contributed by atoms with Crippen LogP contribution in [-0.4, -0.2) is 17.4 Å². The molecule has 128 valence electrons. The molecule has 4 nitrogen and oxygen atoms in total. The number of carbonyl (C=O) groups is 2. The molecule has 0 aliphatic heterocycles. The van der Waals surface area contributed by atoms with E-state index >= 15 is 0 Å². The molecule has 1 aromatic carbocycles. The van der Waals surface area contributed by atoms with Crippen LogP contribution in [0.5, 0.6) is 0 Å². The van der Waals surface area contributed by atoms with Crippen molar-refractivity contribution < 1.29 is 9.59 Å². The highest BCUT2D eigenvalue weighted by molar-refractivity contribution is 5.79. The summed E-state index contributed by atoms with van der Waals surface area (Å²) in [6.07, 6.45) is 1.11. The lowest BCUT2D eigenvalue weighted by molar-refractivity contribution is -0.124. The second-order valence-corrected chi connectivity index (χ2v) is 8.04. The molecule has 1 atom stereocenters. The molecule has 4 heteroatoms. The van der Waals surface area contributed by atoms with E-state index in [1.54, 1.807) is 0 Å². The molecule has 0 saturated heterocycles. The Hall–Kier alpha value is -1.84. The van der Waals surface area contributed by atoms with Crippen molar-refractivity contribution in [1.29, 1.82) is 0 Å². The summed E-state index contributed by atoms with van der Waals surface area (Å²) in [5.74, 6) is -0.192. The third-order valence-corrected chi connectivity index (χ3v) is 3.42. The Kier molecular flexibility index (Phi) is 6.37. The first-order valence-corrected chi connectivity index (χ1v) is 8.12. The number of carbonyl (C=O) groups excluding carboxylic acids is 2. The molecule has 2 amide bonds. The van der Waals surface area contributed by atoms with Crippen molar-refractivity contribution in [2.75, 3.05) is 0 Å². The summed E-state index contributed by atoms with van der Waals surface area (Å²) in [7, 11) is 0. The van der Waals surface area contributed by atoms with Gasteiger partial charge in [0.15, 0.2) is 0 Å². The van der Waals surface area contributed by atoms with E-state index in [1.165, 1.54) is 6.92 Å². The lowest BCUT2D eigenvalue weighted by Crippen LogP contribution is -2.46. The maximum atomic E-state index is 12.4. The van der Waals surface area contributed by atoms with Crippen LogP contribution >= 0.6 is 0 Å². The van der Waals surface area contributed by atoms with Crippen molar-refractivity contribution in [3.63, 3.8) is 0 Å². The fraction of sp³-hybridized carbons (Fsp3) is 0.579. The van der Waals surface area contributed by atoms with E-state index in [0.29, 0.717) is 0 Å². The zero-order valence-electron chi connectivity index (χ0n) is 15.2. The lowest BCUT2D eigenvalue weighted by Gasteiger charge is -2.33. The van der Waals surface area contributed by atoms with E-state index in [2.05, 4.69) is 31.4 Å². The molecular formula is C19H30N2O2. The molecule has 0 aromatic heterocycles. The first kappa shape index (κ1) is 19.2. The Morgan fingerprint density at radius 2 is 1.61 bits per heavy atom. The minimum Gasteiger partial charge on any atom is -0.351 e. The highest BCUT2D eigenvalue weighted by atomic mass is 16.2. The van der Waals surface area contributed by atoms with E-state index in [0.717, 1.165) is 12.0 Å². The molecular weight excluding hydrogens is 288 g/mol. The molecule has 0 fully saturated rings. The van der Waals surface area contributed by atoms with Crippen LogP contribution in [0.25, 0.3) is 0 Å². The third kappa shape index (κ3) is 7.82. The Bertz CT molecular complexity index is 530. The van der Waals surface area contributed by atoms with Gasteiger partial charge in [0.2, 0.25) is 11.8 Å². The normalized spacial score (nSPS) is 13.3. The van der Waals surface area contributed by atoms with Crippen LogP contribution in [0, 0.1) is 5.41 Å². The highest BCUT2D eigenvalue weighted by Gasteiger charge is 2.28. The molecule has 1 rings (SSSR count). The summed E-state index contributed by atoms with van der Waals surface area (Å²) in [5, 5.41) is 5.96. The van der Waals surface area contributed by atoms with Crippen LogP contribution in [-0.2, 0) is 9.59 Å². The molecule has 0 bridgehead atoms. The van der Waals surface area contributed by atoms with Gasteiger partial charge in [-0.1, -0.05) is 51.1 Å². The van der Waals surface area contributed by atoms with E-state index in [-0.39, 0.29) is 35.2 Å². The van der Waals surface area contributed by atoms with E-state index in [1.807, 2.05) is 44.2 Å². The second-order valence-electron chi connectivity index (χ2n) is 8.04. The maximum absolute atomic E-state index is 12.4. The van der Waals surface area contributed by atoms with Crippen molar-refractivity contribution >= 4 is 11.8 Å². The van der Waals surface area contributed by atoms with Crippen molar-refractivity contribution in [2.45, 2.75) is 66.0 Å². The Morgan fingerprint density at radius 3 is 2.09 bits per heavy atom. The first-order valence-electron chi connectivity index (χ1n) is 8.12. The SMILES string of the molecule is CC(=O)NC(CC(=O)NC(C)(C)CC(C)(C)C)c1ccccc1. The quantitative estimate of drug-likeness (QED) is 0.842. The van der Waals surface area contributed by atoms with Crippen LogP contribution < -0.4 is 10.6 Å². The fourth-order valence-corrected chi connectivity index (χ4v) is 3.17. The molecule has 0 spiro atoms. The topological polar surface area (TPSA) is 58.2 Å². The van der Waals surface area contributed by atoms with Gasteiger partial charge in [0.25, 0.3) is 0 Å². The van der Waals surface area contributed by atoms with Crippen molar-refractivity contribution in [2.24, 2.45) is 5.41 Å². The van der Waals surface area contributed by atoms with E-state index in [9.17, 15) is 9.59 Å². The minimum atomic E-state index is -0.306. The van der Waals surface area contributed by atoms with Crippen LogP contribution in [0.15, 0.2) is 30.3 Å². The highest BCUT2D eigenvalue weighted by Crippen LogP contribution is 2.27. The molecule has 0 saturated carbocycles. The molecule has 0 radical (unpaired) electrons. The molecule has 2 N–H and O–H groups in total. The van der Waals surface area contributed by atoms with Gasteiger partial charge in [0.1, 0.15) is 0 Å². The third-order valence-electron chi connectivity index (χ3n) is 3.42. The zero-order valence-corrected chi connectivity index (χ0v) is 15.2. The molecule has 1 unspecified atom stereocenters. The standard InChI is InChI=1S/C19H30N2O2/c1-14(22)20-16(15-10-8-7-9-11-15)12-17(23)21-19(5,6)13-18(2,3)4/h7-11,16H,12-13H2,1-6H3,(H,20,22)(H,21,23). The first-order chi connectivity index (χ1) is 10.5. The van der Waals surface area contributed by atoms with Gasteiger partial charge in [-0.05, 0) is 31.2 Å². The van der Waals surface area contributed by atoms with Crippen LogP contribution in [0.4, 0.5) is 0 Å². The maximum Gasteiger partial charge on any atom is 0.222 e. The van der Waals surface area contributed by atoms with Crippen molar-refractivity contribution in [3.05, 3.63) is 35.9 Å². The summed E-state index contributed by atoms with van der Waals surface area (Å²) in [5.41, 5.74) is 0.784. The smallest absolute Gasteiger partial charge is 0.222 e. The molecule has 0 aliphatic carbocycles. The van der Waals surface area contributed by atoms with Crippen molar-refractivity contribution in [3.8, 4) is 0 Å². The predicted octanol–water partition coefficient (Wildman–Crippen LogP) is 3.58. The van der Waals surface area contributed by atoms with Crippen LogP contribution in [0.3, 0.4) is 0 Å². The number of nitrogens with one attached hydrogen (secondary N) is 2. The fourth-order valence-electron chi connectivity index (χ4n) is 3.17. The summed E-state index contributed by atoms with van der Waals surface area (Å²) >= 11 is 0. The number of amides is 2. The zero-order chi connectivity index (χ0) is 17.7. The molecule has 0 aliphatic rings. The second kappa shape index (κ2) is 7.62. The minimum absolute atomic E-state index is 0.0538. The predicted molar refractivity (Wildman–Crippen MR) is 93.9 cm³/mol. The van der Waals surface area contributed by atoms with Gasteiger partial charge in [0.05, 0.1) is 12.5 Å². The van der Waals surface area contributed by atoms with Gasteiger partial charge < -0.3 is 10.6 Å². The molecule has 0 heterocycles. The van der Waals surface area contributed by atoms with Gasteiger partial charge in [-0.15, -0.1) is 0 Å². The van der Waals surface area contributed by atoms with Gasteiger partial charge in [-0.25, -0.2) is 0 Å². The summed E-state index contributed by atoms with van der Waals surface area (Å²) in [6.45, 7) is 12.0. The van der Waals surface area contributed by atoms with Crippen LogP contribution in [0.1, 0.15) is 66.0 Å². The lowest BCUT2D eigenvalue weighted by atomic mass is 9.81. The molecule has 1 aromatic rings. The van der Waals surface area contributed by atoms with Gasteiger partial charge in [0, 0.05) is 12.5 Å². The average molecular weight is 318 g/mol. The molecule has 23 heavy (non-hydrogen) atoms. The summed E-state index contributed by atoms with van der Waals surface area (Å²) in [6, 6.07) is 9.28. The Balaban J connectivity index is 2.76. The number of hydrogen-bond acceptors (Lipinski definition) is 2. The van der Waals surface area contributed by atoms with Crippen LogP contribution in [0.2, 0.25) is 0 Å².